The molecule has 2 N–H and O–H groups in total. The molecule has 0 unspecified atom stereocenters. The van der Waals surface area contributed by atoms with E-state index in [2.05, 4.69) is 35.3 Å². The Hall–Kier alpha value is -2.23. The van der Waals surface area contributed by atoms with Gasteiger partial charge in [0.05, 0.1) is 28.0 Å². The zero-order valence-corrected chi connectivity index (χ0v) is 13.6. The molecule has 1 aliphatic rings. The van der Waals surface area contributed by atoms with E-state index in [4.69, 9.17) is 28.9 Å². The van der Waals surface area contributed by atoms with Crippen molar-refractivity contribution >= 4 is 51.3 Å². The number of hydrogen-bond donors (Lipinski definition) is 1. The van der Waals surface area contributed by atoms with Crippen molar-refractivity contribution in [2.24, 2.45) is 10.7 Å². The van der Waals surface area contributed by atoms with Gasteiger partial charge in [0.15, 0.2) is 0 Å². The van der Waals surface area contributed by atoms with Crippen molar-refractivity contribution in [3.05, 3.63) is 70.2 Å². The summed E-state index contributed by atoms with van der Waals surface area (Å²) < 4.78 is 0. The average Bonchev–Trinajstić information content (AvgIpc) is 2.93. The van der Waals surface area contributed by atoms with Crippen LogP contribution in [0.25, 0.3) is 10.8 Å². The largest absolute Gasteiger partial charge is 0.369 e. The molecule has 3 aromatic rings. The molecule has 0 aromatic heterocycles. The van der Waals surface area contributed by atoms with Crippen molar-refractivity contribution in [2.75, 3.05) is 4.90 Å². The van der Waals surface area contributed by atoms with Crippen molar-refractivity contribution in [2.45, 2.75) is 6.54 Å². The monoisotopic (exact) mass is 341 g/mol. The fraction of sp³-hybridized carbons (Fsp3) is 0.0556. The van der Waals surface area contributed by atoms with Crippen molar-refractivity contribution in [1.29, 1.82) is 0 Å². The highest BCUT2D eigenvalue weighted by molar-refractivity contribution is 6.43. The molecule has 0 bridgehead atoms. The highest BCUT2D eigenvalue weighted by atomic mass is 35.5. The summed E-state index contributed by atoms with van der Waals surface area (Å²) in [6, 6.07) is 17.8. The first-order valence-corrected chi connectivity index (χ1v) is 7.97. The molecule has 1 aliphatic heterocycles. The topological polar surface area (TPSA) is 41.6 Å². The Morgan fingerprint density at radius 2 is 1.74 bits per heavy atom. The van der Waals surface area contributed by atoms with Gasteiger partial charge in [-0.3, -0.25) is 0 Å². The first-order valence-electron chi connectivity index (χ1n) is 7.21. The second-order valence-corrected chi connectivity index (χ2v) is 6.21. The molecule has 23 heavy (non-hydrogen) atoms. The molecule has 0 saturated heterocycles. The number of anilines is 1. The Kier molecular flexibility index (Phi) is 3.40. The molecule has 0 fully saturated rings. The third kappa shape index (κ3) is 2.33. The molecule has 5 heteroatoms. The summed E-state index contributed by atoms with van der Waals surface area (Å²) in [7, 11) is 0. The van der Waals surface area contributed by atoms with E-state index in [0.717, 1.165) is 5.69 Å². The van der Waals surface area contributed by atoms with Gasteiger partial charge in [-0.2, -0.15) is 0 Å². The van der Waals surface area contributed by atoms with Gasteiger partial charge in [0, 0.05) is 5.39 Å². The van der Waals surface area contributed by atoms with Gasteiger partial charge in [0.25, 0.3) is 0 Å². The molecule has 0 saturated carbocycles. The van der Waals surface area contributed by atoms with Gasteiger partial charge in [0.2, 0.25) is 5.96 Å². The number of rotatable bonds is 1. The fourth-order valence-electron chi connectivity index (χ4n) is 2.98. The van der Waals surface area contributed by atoms with Crippen molar-refractivity contribution in [1.82, 2.24) is 0 Å². The van der Waals surface area contributed by atoms with Gasteiger partial charge in [-0.05, 0) is 29.1 Å². The van der Waals surface area contributed by atoms with Crippen LogP contribution in [-0.4, -0.2) is 5.96 Å². The maximum absolute atomic E-state index is 6.26. The van der Waals surface area contributed by atoms with E-state index in [1.54, 1.807) is 18.2 Å². The Morgan fingerprint density at radius 3 is 2.57 bits per heavy atom. The van der Waals surface area contributed by atoms with E-state index in [1.165, 1.54) is 16.3 Å². The molecule has 4 rings (SSSR count). The highest BCUT2D eigenvalue weighted by Gasteiger charge is 2.23. The van der Waals surface area contributed by atoms with Gasteiger partial charge in [0.1, 0.15) is 0 Å². The molecule has 3 nitrogen and oxygen atoms in total. The maximum Gasteiger partial charge on any atom is 0.201 e. The van der Waals surface area contributed by atoms with Crippen LogP contribution in [0.15, 0.2) is 59.6 Å². The number of benzene rings is 3. The number of halogens is 2. The molecule has 0 atom stereocenters. The van der Waals surface area contributed by atoms with Crippen LogP contribution in [-0.2, 0) is 6.54 Å². The molecule has 0 aliphatic carbocycles. The average molecular weight is 342 g/mol. The van der Waals surface area contributed by atoms with Crippen molar-refractivity contribution in [3.63, 3.8) is 0 Å². The van der Waals surface area contributed by atoms with E-state index in [9.17, 15) is 0 Å². The van der Waals surface area contributed by atoms with Crippen LogP contribution in [0.1, 0.15) is 5.56 Å². The lowest BCUT2D eigenvalue weighted by Crippen LogP contribution is -2.34. The second kappa shape index (κ2) is 5.44. The van der Waals surface area contributed by atoms with Gasteiger partial charge >= 0.3 is 0 Å². The van der Waals surface area contributed by atoms with Gasteiger partial charge < -0.3 is 10.6 Å². The summed E-state index contributed by atoms with van der Waals surface area (Å²) in [5.41, 5.74) is 9.14. The van der Waals surface area contributed by atoms with Crippen LogP contribution in [0.4, 0.5) is 11.4 Å². The van der Waals surface area contributed by atoms with E-state index >= 15 is 0 Å². The highest BCUT2D eigenvalue weighted by Crippen LogP contribution is 2.38. The Bertz CT molecular complexity index is 945. The third-order valence-corrected chi connectivity index (χ3v) is 4.84. The normalized spacial score (nSPS) is 13.8. The molecule has 3 aromatic carbocycles. The molecular formula is C18H13Cl2N3. The maximum atomic E-state index is 6.26. The van der Waals surface area contributed by atoms with E-state index in [-0.39, 0.29) is 0 Å². The first kappa shape index (κ1) is 14.4. The second-order valence-electron chi connectivity index (χ2n) is 5.42. The quantitative estimate of drug-likeness (QED) is 0.493. The number of nitrogens with two attached hydrogens (primary N) is 1. The zero-order chi connectivity index (χ0) is 16.0. The molecule has 1 heterocycles. The van der Waals surface area contributed by atoms with Crippen LogP contribution < -0.4 is 10.6 Å². The summed E-state index contributed by atoms with van der Waals surface area (Å²) >= 11 is 12.2. The van der Waals surface area contributed by atoms with Crippen LogP contribution >= 0.6 is 23.2 Å². The summed E-state index contributed by atoms with van der Waals surface area (Å²) in [6.07, 6.45) is 0. The molecule has 0 spiro atoms. The molecular weight excluding hydrogens is 329 g/mol. The molecule has 0 amide bonds. The Labute approximate surface area is 143 Å². The van der Waals surface area contributed by atoms with Crippen LogP contribution in [0, 0.1) is 0 Å². The summed E-state index contributed by atoms with van der Waals surface area (Å²) in [5, 5.41) is 3.31. The number of guanidine groups is 1. The third-order valence-electron chi connectivity index (χ3n) is 4.03. The van der Waals surface area contributed by atoms with Gasteiger partial charge in [-0.1, -0.05) is 59.6 Å². The Morgan fingerprint density at radius 1 is 1.00 bits per heavy atom. The summed E-state index contributed by atoms with van der Waals surface area (Å²) in [4.78, 5) is 6.47. The van der Waals surface area contributed by atoms with Crippen LogP contribution in [0.3, 0.4) is 0 Å². The van der Waals surface area contributed by atoms with E-state index in [0.29, 0.717) is 28.2 Å². The van der Waals surface area contributed by atoms with Gasteiger partial charge in [-0.25, -0.2) is 4.99 Å². The lowest BCUT2D eigenvalue weighted by molar-refractivity contribution is 1.04. The summed E-state index contributed by atoms with van der Waals surface area (Å²) in [6.45, 7) is 0.699. The Balaban J connectivity index is 1.80. The first-order chi connectivity index (χ1) is 11.1. The number of hydrogen-bond acceptors (Lipinski definition) is 1. The van der Waals surface area contributed by atoms with E-state index < -0.39 is 0 Å². The van der Waals surface area contributed by atoms with Crippen LogP contribution in [0.2, 0.25) is 10.0 Å². The molecule has 114 valence electrons. The minimum absolute atomic E-state index is 0.401. The zero-order valence-electron chi connectivity index (χ0n) is 12.1. The van der Waals surface area contributed by atoms with E-state index in [1.807, 2.05) is 11.0 Å². The molecule has 0 radical (unpaired) electrons. The number of aliphatic imine (C=N–C) groups is 1. The lowest BCUT2D eigenvalue weighted by Gasteiger charge is -2.18. The van der Waals surface area contributed by atoms with Crippen LogP contribution in [0.5, 0.6) is 0 Å². The number of nitrogens with zero attached hydrogens (tertiary/aromatic N) is 2. The minimum atomic E-state index is 0.401. The minimum Gasteiger partial charge on any atom is -0.369 e. The SMILES string of the molecule is NC(=Nc1cccc(Cl)c1Cl)N1Cc2cccc3cccc1c23. The predicted molar refractivity (Wildman–Crippen MR) is 97.9 cm³/mol. The fourth-order valence-corrected chi connectivity index (χ4v) is 3.31. The predicted octanol–water partition coefficient (Wildman–Crippen LogP) is 5.11. The lowest BCUT2D eigenvalue weighted by atomic mass is 10.1. The van der Waals surface area contributed by atoms with Gasteiger partial charge in [-0.15, -0.1) is 0 Å². The summed E-state index contributed by atoms with van der Waals surface area (Å²) in [5.74, 6) is 0.401. The smallest absolute Gasteiger partial charge is 0.201 e. The van der Waals surface area contributed by atoms with Crippen molar-refractivity contribution in [3.8, 4) is 0 Å². The standard InChI is InChI=1S/C18H13Cl2N3/c19-13-7-3-8-14(17(13)20)22-18(21)23-10-12-6-1-4-11-5-2-9-15(23)16(11)12/h1-9H,10H2,(H2,21,22). The van der Waals surface area contributed by atoms with Crippen molar-refractivity contribution < 1.29 is 0 Å².